The lowest BCUT2D eigenvalue weighted by Crippen LogP contribution is -2.37. The SMILES string of the molecule is CCCN(C(=O)c1cc(C)nc(NCC)c1)C(C)C. The minimum Gasteiger partial charge on any atom is -0.370 e. The molecule has 0 fully saturated rings. The molecule has 106 valence electrons. The minimum atomic E-state index is 0.0847. The highest BCUT2D eigenvalue weighted by atomic mass is 16.2. The molecule has 0 spiro atoms. The van der Waals surface area contributed by atoms with Crippen molar-refractivity contribution in [1.29, 1.82) is 0 Å². The smallest absolute Gasteiger partial charge is 0.254 e. The number of hydrogen-bond acceptors (Lipinski definition) is 3. The number of rotatable bonds is 6. The van der Waals surface area contributed by atoms with Gasteiger partial charge in [-0.3, -0.25) is 4.79 Å². The van der Waals surface area contributed by atoms with Crippen LogP contribution in [0.5, 0.6) is 0 Å². The standard InChI is InChI=1S/C15H25N3O/c1-6-8-18(11(3)4)15(19)13-9-12(5)17-14(10-13)16-7-2/h9-11H,6-8H2,1-5H3,(H,16,17). The summed E-state index contributed by atoms with van der Waals surface area (Å²) in [6, 6.07) is 3.90. The number of amides is 1. The molecule has 1 heterocycles. The summed E-state index contributed by atoms with van der Waals surface area (Å²) >= 11 is 0. The molecule has 0 aromatic carbocycles. The molecule has 4 nitrogen and oxygen atoms in total. The normalized spacial score (nSPS) is 10.6. The van der Waals surface area contributed by atoms with Crippen LogP contribution in [0.25, 0.3) is 0 Å². The van der Waals surface area contributed by atoms with Crippen molar-refractivity contribution < 1.29 is 4.79 Å². The van der Waals surface area contributed by atoms with Crippen LogP contribution in [-0.2, 0) is 0 Å². The summed E-state index contributed by atoms with van der Waals surface area (Å²) in [5.41, 5.74) is 1.58. The molecule has 0 saturated carbocycles. The third-order valence-corrected chi connectivity index (χ3v) is 2.91. The molecular formula is C15H25N3O. The fourth-order valence-corrected chi connectivity index (χ4v) is 2.06. The first kappa shape index (κ1) is 15.5. The molecule has 0 aliphatic carbocycles. The number of carbonyl (C=O) groups excluding carboxylic acids is 1. The van der Waals surface area contributed by atoms with Crippen molar-refractivity contribution in [2.45, 2.75) is 47.1 Å². The van der Waals surface area contributed by atoms with Gasteiger partial charge in [-0.15, -0.1) is 0 Å². The third kappa shape index (κ3) is 4.23. The van der Waals surface area contributed by atoms with Crippen LogP contribution in [0.2, 0.25) is 0 Å². The lowest BCUT2D eigenvalue weighted by atomic mass is 10.1. The van der Waals surface area contributed by atoms with E-state index in [0.29, 0.717) is 5.56 Å². The van der Waals surface area contributed by atoms with Crippen molar-refractivity contribution in [3.05, 3.63) is 23.4 Å². The highest BCUT2D eigenvalue weighted by Crippen LogP contribution is 2.14. The molecule has 0 radical (unpaired) electrons. The molecule has 0 bridgehead atoms. The molecule has 1 amide bonds. The van der Waals surface area contributed by atoms with Crippen LogP contribution < -0.4 is 5.32 Å². The van der Waals surface area contributed by atoms with E-state index in [1.165, 1.54) is 0 Å². The van der Waals surface area contributed by atoms with Crippen LogP contribution in [-0.4, -0.2) is 34.9 Å². The van der Waals surface area contributed by atoms with E-state index in [1.807, 2.05) is 44.7 Å². The van der Waals surface area contributed by atoms with Crippen LogP contribution in [0.3, 0.4) is 0 Å². The second-order valence-electron chi connectivity index (χ2n) is 5.01. The van der Waals surface area contributed by atoms with E-state index in [4.69, 9.17) is 0 Å². The molecule has 1 aromatic rings. The molecular weight excluding hydrogens is 238 g/mol. The summed E-state index contributed by atoms with van der Waals surface area (Å²) in [5.74, 6) is 0.854. The zero-order valence-corrected chi connectivity index (χ0v) is 12.7. The number of pyridine rings is 1. The Morgan fingerprint density at radius 2 is 2.05 bits per heavy atom. The van der Waals surface area contributed by atoms with Crippen molar-refractivity contribution in [2.75, 3.05) is 18.4 Å². The topological polar surface area (TPSA) is 45.2 Å². The molecule has 1 aromatic heterocycles. The Hall–Kier alpha value is -1.58. The summed E-state index contributed by atoms with van der Waals surface area (Å²) in [7, 11) is 0. The maximum atomic E-state index is 12.6. The highest BCUT2D eigenvalue weighted by molar-refractivity contribution is 5.95. The molecule has 0 saturated heterocycles. The molecule has 0 unspecified atom stereocenters. The number of nitrogens with one attached hydrogen (secondary N) is 1. The van der Waals surface area contributed by atoms with Crippen molar-refractivity contribution in [3.8, 4) is 0 Å². The Balaban J connectivity index is 3.03. The number of anilines is 1. The van der Waals surface area contributed by atoms with Crippen LogP contribution in [0.15, 0.2) is 12.1 Å². The largest absolute Gasteiger partial charge is 0.370 e. The Bertz CT molecular complexity index is 429. The van der Waals surface area contributed by atoms with Gasteiger partial charge in [-0.25, -0.2) is 4.98 Å². The average Bonchev–Trinajstić information content (AvgIpc) is 2.34. The molecule has 4 heteroatoms. The number of hydrogen-bond donors (Lipinski definition) is 1. The van der Waals surface area contributed by atoms with Crippen LogP contribution in [0.4, 0.5) is 5.82 Å². The van der Waals surface area contributed by atoms with Crippen LogP contribution in [0, 0.1) is 6.92 Å². The van der Waals surface area contributed by atoms with Crippen LogP contribution >= 0.6 is 0 Å². The van der Waals surface area contributed by atoms with E-state index in [0.717, 1.165) is 31.0 Å². The Morgan fingerprint density at radius 3 is 2.58 bits per heavy atom. The fraction of sp³-hybridized carbons (Fsp3) is 0.600. The predicted molar refractivity (Wildman–Crippen MR) is 79.6 cm³/mol. The summed E-state index contributed by atoms with van der Waals surface area (Å²) in [5, 5.41) is 3.16. The van der Waals surface area contributed by atoms with Gasteiger partial charge in [-0.1, -0.05) is 6.92 Å². The number of carbonyl (C=O) groups is 1. The van der Waals surface area contributed by atoms with Gasteiger partial charge in [0.25, 0.3) is 5.91 Å². The van der Waals surface area contributed by atoms with Gasteiger partial charge >= 0.3 is 0 Å². The van der Waals surface area contributed by atoms with Gasteiger partial charge in [0.2, 0.25) is 0 Å². The molecule has 0 atom stereocenters. The maximum absolute atomic E-state index is 12.6. The van der Waals surface area contributed by atoms with E-state index in [2.05, 4.69) is 17.2 Å². The number of aryl methyl sites for hydroxylation is 1. The molecule has 1 rings (SSSR count). The van der Waals surface area contributed by atoms with E-state index >= 15 is 0 Å². The van der Waals surface area contributed by atoms with Crippen molar-refractivity contribution in [3.63, 3.8) is 0 Å². The first-order chi connectivity index (χ1) is 8.99. The van der Waals surface area contributed by atoms with Gasteiger partial charge in [-0.05, 0) is 46.2 Å². The minimum absolute atomic E-state index is 0.0847. The van der Waals surface area contributed by atoms with Gasteiger partial charge in [0, 0.05) is 30.4 Å². The zero-order valence-electron chi connectivity index (χ0n) is 12.7. The second kappa shape index (κ2) is 7.12. The van der Waals surface area contributed by atoms with E-state index in [9.17, 15) is 4.79 Å². The van der Waals surface area contributed by atoms with Gasteiger partial charge in [0.15, 0.2) is 0 Å². The van der Waals surface area contributed by atoms with Crippen LogP contribution in [0.1, 0.15) is 50.2 Å². The summed E-state index contributed by atoms with van der Waals surface area (Å²) < 4.78 is 0. The number of nitrogens with zero attached hydrogens (tertiary/aromatic N) is 2. The zero-order chi connectivity index (χ0) is 14.4. The summed E-state index contributed by atoms with van der Waals surface area (Å²) in [4.78, 5) is 18.8. The van der Waals surface area contributed by atoms with Crippen molar-refractivity contribution in [2.24, 2.45) is 0 Å². The monoisotopic (exact) mass is 263 g/mol. The number of aromatic nitrogens is 1. The van der Waals surface area contributed by atoms with E-state index in [1.54, 1.807) is 0 Å². The summed E-state index contributed by atoms with van der Waals surface area (Å²) in [6.45, 7) is 11.7. The van der Waals surface area contributed by atoms with Gasteiger partial charge < -0.3 is 10.2 Å². The highest BCUT2D eigenvalue weighted by Gasteiger charge is 2.18. The first-order valence-electron chi connectivity index (χ1n) is 7.03. The van der Waals surface area contributed by atoms with Crippen molar-refractivity contribution in [1.82, 2.24) is 9.88 Å². The third-order valence-electron chi connectivity index (χ3n) is 2.91. The van der Waals surface area contributed by atoms with E-state index in [-0.39, 0.29) is 11.9 Å². The fourth-order valence-electron chi connectivity index (χ4n) is 2.06. The average molecular weight is 263 g/mol. The van der Waals surface area contributed by atoms with Gasteiger partial charge in [0.1, 0.15) is 5.82 Å². The van der Waals surface area contributed by atoms with Gasteiger partial charge in [0.05, 0.1) is 0 Å². The quantitative estimate of drug-likeness (QED) is 0.858. The van der Waals surface area contributed by atoms with E-state index < -0.39 is 0 Å². The maximum Gasteiger partial charge on any atom is 0.254 e. The predicted octanol–water partition coefficient (Wildman–Crippen LogP) is 3.08. The Kier molecular flexibility index (Phi) is 5.80. The Labute approximate surface area is 116 Å². The second-order valence-corrected chi connectivity index (χ2v) is 5.01. The first-order valence-corrected chi connectivity index (χ1v) is 7.03. The molecule has 0 aliphatic heterocycles. The lowest BCUT2D eigenvalue weighted by Gasteiger charge is -2.26. The van der Waals surface area contributed by atoms with Crippen molar-refractivity contribution >= 4 is 11.7 Å². The molecule has 19 heavy (non-hydrogen) atoms. The molecule has 1 N–H and O–H groups in total. The summed E-state index contributed by atoms with van der Waals surface area (Å²) in [6.07, 6.45) is 0.966. The van der Waals surface area contributed by atoms with Gasteiger partial charge in [-0.2, -0.15) is 0 Å². The lowest BCUT2D eigenvalue weighted by molar-refractivity contribution is 0.0706. The Morgan fingerprint density at radius 1 is 1.37 bits per heavy atom. The molecule has 0 aliphatic rings.